The number of carbonyl (C=O) groups excluding carboxylic acids is 1. The van der Waals surface area contributed by atoms with Gasteiger partial charge in [0.05, 0.1) is 5.69 Å². The fraction of sp³-hybridized carbons (Fsp3) is 0.267. The Kier molecular flexibility index (Phi) is 3.77. The minimum atomic E-state index is -0.569. The smallest absolute Gasteiger partial charge is 0.412 e. The average molecular weight is 294 g/mol. The lowest BCUT2D eigenvalue weighted by molar-refractivity contribution is 0.0636. The van der Waals surface area contributed by atoms with E-state index in [2.05, 4.69) is 5.32 Å². The first kappa shape index (κ1) is 14.5. The van der Waals surface area contributed by atoms with Crippen molar-refractivity contribution >= 4 is 34.2 Å². The molecule has 0 radical (unpaired) electrons. The highest BCUT2D eigenvalue weighted by Gasteiger charge is 2.17. The quantitative estimate of drug-likeness (QED) is 0.759. The normalized spacial score (nSPS) is 11.4. The third-order valence-electron chi connectivity index (χ3n) is 2.59. The largest absolute Gasteiger partial charge is 0.507 e. The summed E-state index contributed by atoms with van der Waals surface area (Å²) in [7, 11) is 0. The van der Waals surface area contributed by atoms with Crippen LogP contribution >= 0.6 is 11.6 Å². The van der Waals surface area contributed by atoms with Gasteiger partial charge in [0.1, 0.15) is 11.4 Å². The summed E-state index contributed by atoms with van der Waals surface area (Å²) in [6.45, 7) is 5.38. The number of halogens is 1. The third-order valence-corrected chi connectivity index (χ3v) is 2.83. The summed E-state index contributed by atoms with van der Waals surface area (Å²) in [5.74, 6) is 0.109. The summed E-state index contributed by atoms with van der Waals surface area (Å²) in [5, 5.41) is 14.3. The molecule has 0 aliphatic heterocycles. The van der Waals surface area contributed by atoms with Crippen LogP contribution in [-0.4, -0.2) is 16.8 Å². The maximum atomic E-state index is 11.8. The second-order valence-electron chi connectivity index (χ2n) is 5.45. The van der Waals surface area contributed by atoms with Crippen LogP contribution in [0.5, 0.6) is 5.75 Å². The molecule has 0 unspecified atom stereocenters. The predicted octanol–water partition coefficient (Wildman–Crippen LogP) is 4.55. The molecule has 0 bridgehead atoms. The number of amides is 1. The van der Waals surface area contributed by atoms with E-state index in [0.717, 1.165) is 0 Å². The highest BCUT2D eigenvalue weighted by atomic mass is 35.5. The molecule has 106 valence electrons. The van der Waals surface area contributed by atoms with Gasteiger partial charge >= 0.3 is 6.09 Å². The fourth-order valence-corrected chi connectivity index (χ4v) is 2.00. The van der Waals surface area contributed by atoms with Crippen LogP contribution in [0.2, 0.25) is 5.02 Å². The fourth-order valence-electron chi connectivity index (χ4n) is 1.83. The molecule has 0 spiro atoms. The second kappa shape index (κ2) is 5.21. The van der Waals surface area contributed by atoms with Crippen LogP contribution in [0, 0.1) is 0 Å². The van der Waals surface area contributed by atoms with E-state index in [1.54, 1.807) is 45.0 Å². The van der Waals surface area contributed by atoms with E-state index in [4.69, 9.17) is 16.3 Å². The number of nitrogens with one attached hydrogen (secondary N) is 1. The first-order chi connectivity index (χ1) is 9.26. The summed E-state index contributed by atoms with van der Waals surface area (Å²) >= 11 is 5.91. The summed E-state index contributed by atoms with van der Waals surface area (Å²) in [6.07, 6.45) is -0.542. The number of ether oxygens (including phenoxy) is 1. The van der Waals surface area contributed by atoms with Gasteiger partial charge in [-0.05, 0) is 45.0 Å². The Hall–Kier alpha value is -1.94. The van der Waals surface area contributed by atoms with Crippen LogP contribution < -0.4 is 5.32 Å². The summed E-state index contributed by atoms with van der Waals surface area (Å²) in [5.41, 5.74) is -0.0103. The van der Waals surface area contributed by atoms with Gasteiger partial charge in [-0.15, -0.1) is 0 Å². The molecule has 0 aliphatic carbocycles. The molecule has 4 nitrogen and oxygen atoms in total. The van der Waals surface area contributed by atoms with Gasteiger partial charge in [0.25, 0.3) is 0 Å². The molecule has 2 N–H and O–H groups in total. The van der Waals surface area contributed by atoms with Crippen LogP contribution in [0.15, 0.2) is 30.3 Å². The first-order valence-corrected chi connectivity index (χ1v) is 6.55. The average Bonchev–Trinajstić information content (AvgIpc) is 2.30. The Bertz CT molecular complexity index is 662. The standard InChI is InChI=1S/C15H16ClNO3/c1-15(2,3)20-14(19)17-12-6-7-13(18)11-8-9(16)4-5-10(11)12/h4-8,18H,1-3H3,(H,17,19). The van der Waals surface area contributed by atoms with Gasteiger partial charge in [-0.1, -0.05) is 17.7 Å². The second-order valence-corrected chi connectivity index (χ2v) is 5.89. The summed E-state index contributed by atoms with van der Waals surface area (Å²) in [6, 6.07) is 8.21. The zero-order valence-electron chi connectivity index (χ0n) is 11.5. The number of fused-ring (bicyclic) bond motifs is 1. The Morgan fingerprint density at radius 2 is 1.90 bits per heavy atom. The van der Waals surface area contributed by atoms with E-state index < -0.39 is 11.7 Å². The number of hydrogen-bond acceptors (Lipinski definition) is 3. The van der Waals surface area contributed by atoms with E-state index in [1.807, 2.05) is 0 Å². The van der Waals surface area contributed by atoms with Crippen molar-refractivity contribution in [3.63, 3.8) is 0 Å². The minimum Gasteiger partial charge on any atom is -0.507 e. The molecule has 0 saturated heterocycles. The lowest BCUT2D eigenvalue weighted by Gasteiger charge is -2.20. The van der Waals surface area contributed by atoms with E-state index in [9.17, 15) is 9.90 Å². The molecule has 0 heterocycles. The molecule has 0 aromatic heterocycles. The summed E-state index contributed by atoms with van der Waals surface area (Å²) in [4.78, 5) is 11.8. The van der Waals surface area contributed by atoms with Gasteiger partial charge < -0.3 is 9.84 Å². The molecule has 1 amide bonds. The molecule has 0 aliphatic rings. The number of phenolic OH excluding ortho intramolecular Hbond substituents is 1. The number of aromatic hydroxyl groups is 1. The molecule has 2 rings (SSSR count). The van der Waals surface area contributed by atoms with Gasteiger partial charge in [0.2, 0.25) is 0 Å². The molecular formula is C15H16ClNO3. The predicted molar refractivity (Wildman–Crippen MR) is 80.5 cm³/mol. The Morgan fingerprint density at radius 1 is 1.20 bits per heavy atom. The molecular weight excluding hydrogens is 278 g/mol. The maximum Gasteiger partial charge on any atom is 0.412 e. The topological polar surface area (TPSA) is 58.6 Å². The maximum absolute atomic E-state index is 11.8. The van der Waals surface area contributed by atoms with Gasteiger partial charge in [-0.25, -0.2) is 4.79 Å². The van der Waals surface area contributed by atoms with Crippen LogP contribution in [0.25, 0.3) is 10.8 Å². The van der Waals surface area contributed by atoms with E-state index in [-0.39, 0.29) is 5.75 Å². The van der Waals surface area contributed by atoms with E-state index in [0.29, 0.717) is 21.5 Å². The van der Waals surface area contributed by atoms with Crippen molar-refractivity contribution in [3.8, 4) is 5.75 Å². The lowest BCUT2D eigenvalue weighted by atomic mass is 10.1. The van der Waals surface area contributed by atoms with Crippen LogP contribution in [-0.2, 0) is 4.74 Å². The van der Waals surface area contributed by atoms with Gasteiger partial charge in [-0.3, -0.25) is 5.32 Å². The van der Waals surface area contributed by atoms with Gasteiger partial charge in [0.15, 0.2) is 0 Å². The van der Waals surface area contributed by atoms with Crippen molar-refractivity contribution in [2.45, 2.75) is 26.4 Å². The lowest BCUT2D eigenvalue weighted by Crippen LogP contribution is -2.27. The van der Waals surface area contributed by atoms with Crippen molar-refractivity contribution in [1.82, 2.24) is 0 Å². The van der Waals surface area contributed by atoms with Crippen LogP contribution in [0.3, 0.4) is 0 Å². The molecule has 2 aromatic carbocycles. The number of carbonyl (C=O) groups is 1. The van der Waals surface area contributed by atoms with Crippen LogP contribution in [0.4, 0.5) is 10.5 Å². The number of benzene rings is 2. The highest BCUT2D eigenvalue weighted by molar-refractivity contribution is 6.31. The molecule has 0 saturated carbocycles. The SMILES string of the molecule is CC(C)(C)OC(=O)Nc1ccc(O)c2cc(Cl)ccc12. The Labute approximate surface area is 122 Å². The van der Waals surface area contributed by atoms with Crippen molar-refractivity contribution in [2.75, 3.05) is 5.32 Å². The summed E-state index contributed by atoms with van der Waals surface area (Å²) < 4.78 is 5.21. The first-order valence-electron chi connectivity index (χ1n) is 6.17. The van der Waals surface area contributed by atoms with Gasteiger partial charge in [-0.2, -0.15) is 0 Å². The zero-order chi connectivity index (χ0) is 14.9. The molecule has 2 aromatic rings. The highest BCUT2D eigenvalue weighted by Crippen LogP contribution is 2.33. The van der Waals surface area contributed by atoms with Crippen molar-refractivity contribution in [1.29, 1.82) is 0 Å². The molecule has 20 heavy (non-hydrogen) atoms. The molecule has 0 atom stereocenters. The Morgan fingerprint density at radius 3 is 2.55 bits per heavy atom. The number of phenols is 1. The monoisotopic (exact) mass is 293 g/mol. The molecule has 5 heteroatoms. The van der Waals surface area contributed by atoms with Crippen molar-refractivity contribution in [3.05, 3.63) is 35.4 Å². The van der Waals surface area contributed by atoms with Crippen LogP contribution in [0.1, 0.15) is 20.8 Å². The van der Waals surface area contributed by atoms with E-state index >= 15 is 0 Å². The van der Waals surface area contributed by atoms with Gasteiger partial charge in [0, 0.05) is 15.8 Å². The number of rotatable bonds is 1. The van der Waals surface area contributed by atoms with Crippen molar-refractivity contribution in [2.24, 2.45) is 0 Å². The third kappa shape index (κ3) is 3.33. The molecule has 0 fully saturated rings. The van der Waals surface area contributed by atoms with Crippen molar-refractivity contribution < 1.29 is 14.6 Å². The van der Waals surface area contributed by atoms with E-state index in [1.165, 1.54) is 6.07 Å². The Balaban J connectivity index is 2.36. The number of anilines is 1. The minimum absolute atomic E-state index is 0.109. The zero-order valence-corrected chi connectivity index (χ0v) is 12.3. The number of hydrogen-bond donors (Lipinski definition) is 2.